The molecule has 2 aliphatic heterocycles. The van der Waals surface area contributed by atoms with E-state index in [0.717, 1.165) is 57.0 Å². The molecule has 2 aliphatic rings. The molecule has 1 saturated heterocycles. The third kappa shape index (κ3) is 2.68. The molecule has 2 N–H and O–H groups in total. The quantitative estimate of drug-likeness (QED) is 0.913. The van der Waals surface area contributed by atoms with E-state index in [-0.39, 0.29) is 12.1 Å². The lowest BCUT2D eigenvalue weighted by molar-refractivity contribution is -0.0396. The van der Waals surface area contributed by atoms with Gasteiger partial charge in [-0.2, -0.15) is 0 Å². The van der Waals surface area contributed by atoms with E-state index in [1.165, 1.54) is 5.56 Å². The molecule has 4 heteroatoms. The van der Waals surface area contributed by atoms with E-state index in [1.807, 2.05) is 0 Å². The molecule has 1 aromatic carbocycles. The summed E-state index contributed by atoms with van der Waals surface area (Å²) in [5.74, 6) is 1.00. The Bertz CT molecular complexity index is 464. The highest BCUT2D eigenvalue weighted by Gasteiger charge is 2.29. The summed E-state index contributed by atoms with van der Waals surface area (Å²) in [7, 11) is 0. The molecule has 3 rings (SSSR count). The highest BCUT2D eigenvalue weighted by atomic mass is 16.5. The third-order valence-electron chi connectivity index (χ3n) is 4.35. The smallest absolute Gasteiger partial charge is 0.127 e. The fourth-order valence-electron chi connectivity index (χ4n) is 3.11. The van der Waals surface area contributed by atoms with E-state index in [2.05, 4.69) is 30.0 Å². The zero-order valence-electron chi connectivity index (χ0n) is 12.2. The van der Waals surface area contributed by atoms with Gasteiger partial charge in [-0.3, -0.25) is 4.90 Å². The van der Waals surface area contributed by atoms with Crippen molar-refractivity contribution in [2.45, 2.75) is 31.9 Å². The van der Waals surface area contributed by atoms with Crippen molar-refractivity contribution in [3.63, 3.8) is 0 Å². The van der Waals surface area contributed by atoms with Gasteiger partial charge >= 0.3 is 0 Å². The fourth-order valence-corrected chi connectivity index (χ4v) is 3.11. The number of para-hydroxylation sites is 1. The molecular weight excluding hydrogens is 252 g/mol. The Labute approximate surface area is 120 Å². The fraction of sp³-hybridized carbons (Fsp3) is 0.625. The van der Waals surface area contributed by atoms with Gasteiger partial charge in [-0.15, -0.1) is 0 Å². The first-order chi connectivity index (χ1) is 9.79. The van der Waals surface area contributed by atoms with E-state index in [4.69, 9.17) is 15.2 Å². The average molecular weight is 276 g/mol. The second-order valence-electron chi connectivity index (χ2n) is 5.62. The molecule has 0 bridgehead atoms. The predicted molar refractivity (Wildman–Crippen MR) is 79.0 cm³/mol. The summed E-state index contributed by atoms with van der Waals surface area (Å²) in [6, 6.07) is 6.20. The van der Waals surface area contributed by atoms with E-state index < -0.39 is 0 Å². The number of ether oxygens (including phenoxy) is 2. The van der Waals surface area contributed by atoms with Crippen molar-refractivity contribution in [2.24, 2.45) is 5.73 Å². The number of hydrogen-bond donors (Lipinski definition) is 1. The molecule has 110 valence electrons. The van der Waals surface area contributed by atoms with E-state index in [9.17, 15) is 0 Å². The molecule has 2 atom stereocenters. The van der Waals surface area contributed by atoms with Crippen molar-refractivity contribution in [2.75, 3.05) is 32.8 Å². The zero-order valence-corrected chi connectivity index (χ0v) is 12.2. The van der Waals surface area contributed by atoms with Crippen LogP contribution in [0.4, 0.5) is 0 Å². The van der Waals surface area contributed by atoms with Gasteiger partial charge in [0.25, 0.3) is 0 Å². The Morgan fingerprint density at radius 2 is 2.30 bits per heavy atom. The number of fused-ring (bicyclic) bond motifs is 1. The van der Waals surface area contributed by atoms with E-state index in [1.54, 1.807) is 0 Å². The molecule has 1 fully saturated rings. The minimum absolute atomic E-state index is 0.0562. The van der Waals surface area contributed by atoms with Crippen LogP contribution >= 0.6 is 0 Å². The maximum Gasteiger partial charge on any atom is 0.127 e. The van der Waals surface area contributed by atoms with Gasteiger partial charge in [-0.1, -0.05) is 25.1 Å². The van der Waals surface area contributed by atoms with Crippen LogP contribution in [0, 0.1) is 0 Å². The molecule has 0 amide bonds. The van der Waals surface area contributed by atoms with Crippen molar-refractivity contribution in [3.05, 3.63) is 29.3 Å². The third-order valence-corrected chi connectivity index (χ3v) is 4.35. The summed E-state index contributed by atoms with van der Waals surface area (Å²) in [5, 5.41) is 0. The van der Waals surface area contributed by atoms with Crippen LogP contribution in [0.2, 0.25) is 0 Å². The molecule has 1 aromatic rings. The molecule has 2 heterocycles. The molecule has 0 radical (unpaired) electrons. The monoisotopic (exact) mass is 276 g/mol. The molecule has 20 heavy (non-hydrogen) atoms. The summed E-state index contributed by atoms with van der Waals surface area (Å²) in [5.41, 5.74) is 8.87. The zero-order chi connectivity index (χ0) is 13.9. The summed E-state index contributed by atoms with van der Waals surface area (Å²) in [6.45, 7) is 6.70. The molecular formula is C16H24N2O2. The normalized spacial score (nSPS) is 24.8. The van der Waals surface area contributed by atoms with Gasteiger partial charge in [-0.05, 0) is 24.9 Å². The maximum atomic E-state index is 6.48. The molecule has 2 unspecified atom stereocenters. The summed E-state index contributed by atoms with van der Waals surface area (Å²) in [4.78, 5) is 2.39. The molecule has 0 aromatic heterocycles. The Kier molecular flexibility index (Phi) is 4.24. The van der Waals surface area contributed by atoms with Crippen LogP contribution in [0.1, 0.15) is 30.5 Å². The first-order valence-corrected chi connectivity index (χ1v) is 7.63. The lowest BCUT2D eigenvalue weighted by atomic mass is 9.95. The van der Waals surface area contributed by atoms with Gasteiger partial charge < -0.3 is 15.2 Å². The van der Waals surface area contributed by atoms with E-state index >= 15 is 0 Å². The standard InChI is InChI=1S/C16H24N2O2/c1-2-18-8-10-19-14(11-18)15(17)13-7-3-5-12-6-4-9-20-16(12)13/h3,5,7,14-15H,2,4,6,8-11,17H2,1H3. The minimum atomic E-state index is -0.114. The number of nitrogens with zero attached hydrogens (tertiary/aromatic N) is 1. The molecule has 0 aliphatic carbocycles. The summed E-state index contributed by atoms with van der Waals surface area (Å²) < 4.78 is 11.8. The van der Waals surface area contributed by atoms with Crippen LogP contribution in [0.3, 0.4) is 0 Å². The van der Waals surface area contributed by atoms with Gasteiger partial charge in [0.1, 0.15) is 5.75 Å². The Morgan fingerprint density at radius 1 is 1.40 bits per heavy atom. The van der Waals surface area contributed by atoms with Crippen LogP contribution in [0.15, 0.2) is 18.2 Å². The maximum absolute atomic E-state index is 6.48. The molecule has 0 spiro atoms. The molecule has 4 nitrogen and oxygen atoms in total. The van der Waals surface area contributed by atoms with Gasteiger partial charge in [0.05, 0.1) is 25.4 Å². The van der Waals surface area contributed by atoms with Crippen LogP contribution in [-0.4, -0.2) is 43.9 Å². The topological polar surface area (TPSA) is 47.7 Å². The van der Waals surface area contributed by atoms with Crippen LogP contribution in [0.25, 0.3) is 0 Å². The Hall–Kier alpha value is -1.10. The first-order valence-electron chi connectivity index (χ1n) is 7.63. The van der Waals surface area contributed by atoms with Crippen molar-refractivity contribution < 1.29 is 9.47 Å². The predicted octanol–water partition coefficient (Wildman–Crippen LogP) is 1.73. The van der Waals surface area contributed by atoms with Crippen molar-refractivity contribution >= 4 is 0 Å². The van der Waals surface area contributed by atoms with Gasteiger partial charge in [0.2, 0.25) is 0 Å². The average Bonchev–Trinajstić information content (AvgIpc) is 2.53. The summed E-state index contributed by atoms with van der Waals surface area (Å²) in [6.07, 6.45) is 2.23. The van der Waals surface area contributed by atoms with Gasteiger partial charge in [-0.25, -0.2) is 0 Å². The van der Waals surface area contributed by atoms with Crippen LogP contribution in [-0.2, 0) is 11.2 Å². The lowest BCUT2D eigenvalue weighted by Crippen LogP contribution is -2.46. The van der Waals surface area contributed by atoms with Gasteiger partial charge in [0.15, 0.2) is 0 Å². The van der Waals surface area contributed by atoms with Crippen molar-refractivity contribution in [1.29, 1.82) is 0 Å². The lowest BCUT2D eigenvalue weighted by Gasteiger charge is -2.36. The number of nitrogens with two attached hydrogens (primary N) is 1. The van der Waals surface area contributed by atoms with E-state index in [0.29, 0.717) is 0 Å². The first kappa shape index (κ1) is 13.9. The summed E-state index contributed by atoms with van der Waals surface area (Å²) >= 11 is 0. The van der Waals surface area contributed by atoms with Crippen molar-refractivity contribution in [3.8, 4) is 5.75 Å². The highest BCUT2D eigenvalue weighted by molar-refractivity contribution is 5.44. The SMILES string of the molecule is CCN1CCOC(C(N)c2cccc3c2OCCC3)C1. The number of likely N-dealkylation sites (N-methyl/N-ethyl adjacent to an activating group) is 1. The number of benzene rings is 1. The number of rotatable bonds is 3. The highest BCUT2D eigenvalue weighted by Crippen LogP contribution is 2.34. The number of aryl methyl sites for hydroxylation is 1. The second kappa shape index (κ2) is 6.12. The minimum Gasteiger partial charge on any atom is -0.493 e. The Balaban J connectivity index is 1.81. The second-order valence-corrected chi connectivity index (χ2v) is 5.62. The largest absolute Gasteiger partial charge is 0.493 e. The number of hydrogen-bond acceptors (Lipinski definition) is 4. The van der Waals surface area contributed by atoms with Crippen LogP contribution < -0.4 is 10.5 Å². The Morgan fingerprint density at radius 3 is 3.15 bits per heavy atom. The molecule has 0 saturated carbocycles. The number of morpholine rings is 1. The van der Waals surface area contributed by atoms with Crippen LogP contribution in [0.5, 0.6) is 5.75 Å². The van der Waals surface area contributed by atoms with Crippen molar-refractivity contribution in [1.82, 2.24) is 4.90 Å². The van der Waals surface area contributed by atoms with Gasteiger partial charge in [0, 0.05) is 18.7 Å².